The number of anilines is 1. The van der Waals surface area contributed by atoms with Crippen molar-refractivity contribution in [2.45, 2.75) is 46.5 Å². The van der Waals surface area contributed by atoms with E-state index < -0.39 is 5.97 Å². The Morgan fingerprint density at radius 2 is 1.74 bits per heavy atom. The Bertz CT molecular complexity index is 723. The summed E-state index contributed by atoms with van der Waals surface area (Å²) in [5.74, 6) is -0.398. The summed E-state index contributed by atoms with van der Waals surface area (Å²) in [6.45, 7) is 12.9. The summed E-state index contributed by atoms with van der Waals surface area (Å²) in [6, 6.07) is 10.6. The molecule has 0 aromatic heterocycles. The van der Waals surface area contributed by atoms with E-state index in [1.54, 1.807) is 4.90 Å². The van der Waals surface area contributed by atoms with Crippen molar-refractivity contribution in [3.8, 4) is 0 Å². The molecule has 2 fully saturated rings. The van der Waals surface area contributed by atoms with Crippen LogP contribution in [0.3, 0.4) is 0 Å². The van der Waals surface area contributed by atoms with Crippen LogP contribution in [0.25, 0.3) is 0 Å². The molecule has 1 amide bonds. The van der Waals surface area contributed by atoms with Gasteiger partial charge in [-0.1, -0.05) is 39.0 Å². The minimum atomic E-state index is -0.965. The normalized spacial score (nSPS) is 23.1. The molecule has 2 heterocycles. The molecule has 0 radical (unpaired) electrons. The highest BCUT2D eigenvalue weighted by molar-refractivity contribution is 5.77. The number of carbonyl (C=O) groups excluding carboxylic acids is 2. The highest BCUT2D eigenvalue weighted by Crippen LogP contribution is 2.30. The smallest absolute Gasteiger partial charge is 0.223 e. The molecule has 0 bridgehead atoms. The summed E-state index contributed by atoms with van der Waals surface area (Å²) < 4.78 is 0. The first-order chi connectivity index (χ1) is 14.7. The summed E-state index contributed by atoms with van der Waals surface area (Å²) in [6.07, 6.45) is 2.39. The first-order valence-electron chi connectivity index (χ1n) is 11.8. The Labute approximate surface area is 187 Å². The molecule has 31 heavy (non-hydrogen) atoms. The van der Waals surface area contributed by atoms with Gasteiger partial charge in [0, 0.05) is 37.6 Å². The fraction of sp³-hybridized carbons (Fsp3) is 0.680. The number of carboxylic acids is 1. The quantitative estimate of drug-likeness (QED) is 0.697. The van der Waals surface area contributed by atoms with Gasteiger partial charge in [-0.25, -0.2) is 0 Å². The fourth-order valence-corrected chi connectivity index (χ4v) is 5.04. The lowest BCUT2D eigenvalue weighted by Gasteiger charge is -2.40. The van der Waals surface area contributed by atoms with Crippen molar-refractivity contribution in [1.29, 1.82) is 0 Å². The maximum absolute atomic E-state index is 12.8. The van der Waals surface area contributed by atoms with E-state index in [1.807, 2.05) is 11.0 Å². The minimum absolute atomic E-state index is 0.0308. The lowest BCUT2D eigenvalue weighted by atomic mass is 9.80. The second-order valence-electron chi connectivity index (χ2n) is 10.6. The number of carboxylic acid groups (broad SMARTS) is 1. The van der Waals surface area contributed by atoms with Gasteiger partial charge in [-0.3, -0.25) is 4.79 Å². The fourth-order valence-electron chi connectivity index (χ4n) is 5.04. The van der Waals surface area contributed by atoms with Gasteiger partial charge in [0.2, 0.25) is 5.91 Å². The third-order valence-electron chi connectivity index (χ3n) is 6.82. The van der Waals surface area contributed by atoms with Crippen LogP contribution in [-0.4, -0.2) is 62.6 Å². The number of para-hydroxylation sites is 1. The third-order valence-corrected chi connectivity index (χ3v) is 6.82. The van der Waals surface area contributed by atoms with Gasteiger partial charge in [0.1, 0.15) is 0 Å². The first kappa shape index (κ1) is 23.6. The highest BCUT2D eigenvalue weighted by atomic mass is 16.4. The lowest BCUT2D eigenvalue weighted by Crippen LogP contribution is -3.15. The van der Waals surface area contributed by atoms with E-state index in [2.05, 4.69) is 49.9 Å². The number of rotatable bonds is 7. The Morgan fingerprint density at radius 1 is 1.06 bits per heavy atom. The van der Waals surface area contributed by atoms with Gasteiger partial charge in [0.15, 0.2) is 0 Å². The molecule has 1 aromatic rings. The molecule has 2 aliphatic rings. The van der Waals surface area contributed by atoms with Gasteiger partial charge in [-0.2, -0.15) is 0 Å². The number of amides is 1. The number of hydrogen-bond donors (Lipinski definition) is 1. The van der Waals surface area contributed by atoms with Crippen LogP contribution in [0.5, 0.6) is 0 Å². The minimum Gasteiger partial charge on any atom is -0.550 e. The molecule has 2 saturated heterocycles. The summed E-state index contributed by atoms with van der Waals surface area (Å²) in [5.41, 5.74) is 1.26. The standard InChI is InChI=1S/C25H39N3O3/c1-25(2,3)18-23(29)28-12-10-20(17-24(30)31)21(19-28)9-11-26-13-15-27(16-14-26)22-7-5-4-6-8-22/h4-8,20-21H,9-19H2,1-3H3,(H,30,31)/t20-,21-/m0/s1. The van der Waals surface area contributed by atoms with Crippen LogP contribution in [0.4, 0.5) is 5.69 Å². The lowest BCUT2D eigenvalue weighted by molar-refractivity contribution is -0.901. The summed E-state index contributed by atoms with van der Waals surface area (Å²) >= 11 is 0. The molecule has 1 N–H and O–H groups in total. The van der Waals surface area contributed by atoms with Crippen molar-refractivity contribution in [3.63, 3.8) is 0 Å². The van der Waals surface area contributed by atoms with Crippen molar-refractivity contribution in [1.82, 2.24) is 4.90 Å². The summed E-state index contributed by atoms with van der Waals surface area (Å²) in [5, 5.41) is 11.3. The van der Waals surface area contributed by atoms with E-state index in [9.17, 15) is 14.7 Å². The maximum Gasteiger partial charge on any atom is 0.223 e. The zero-order valence-electron chi connectivity index (χ0n) is 19.4. The average molecular weight is 430 g/mol. The average Bonchev–Trinajstić information content (AvgIpc) is 2.72. The molecular formula is C25H39N3O3. The zero-order chi connectivity index (χ0) is 22.4. The molecule has 1 aromatic carbocycles. The van der Waals surface area contributed by atoms with Gasteiger partial charge in [0.25, 0.3) is 0 Å². The van der Waals surface area contributed by atoms with Gasteiger partial charge >= 0.3 is 0 Å². The molecule has 0 unspecified atom stereocenters. The first-order valence-corrected chi connectivity index (χ1v) is 11.8. The largest absolute Gasteiger partial charge is 0.550 e. The van der Waals surface area contributed by atoms with Crippen LogP contribution < -0.4 is 14.9 Å². The molecule has 0 saturated carbocycles. The second-order valence-corrected chi connectivity index (χ2v) is 10.6. The Kier molecular flexibility index (Phi) is 7.98. The number of benzene rings is 1. The monoisotopic (exact) mass is 429 g/mol. The summed E-state index contributed by atoms with van der Waals surface area (Å²) in [4.78, 5) is 30.0. The van der Waals surface area contributed by atoms with E-state index in [4.69, 9.17) is 0 Å². The zero-order valence-corrected chi connectivity index (χ0v) is 19.4. The van der Waals surface area contributed by atoms with E-state index in [0.29, 0.717) is 19.5 Å². The molecule has 2 aliphatic heterocycles. The van der Waals surface area contributed by atoms with E-state index in [0.717, 1.165) is 45.6 Å². The Morgan fingerprint density at radius 3 is 2.35 bits per heavy atom. The number of piperazine rings is 1. The maximum atomic E-state index is 12.8. The molecule has 6 nitrogen and oxygen atoms in total. The molecule has 2 atom stereocenters. The number of nitrogens with zero attached hydrogens (tertiary/aromatic N) is 2. The molecule has 0 spiro atoms. The number of carbonyl (C=O) groups is 2. The van der Waals surface area contributed by atoms with Crippen molar-refractivity contribution in [3.05, 3.63) is 30.3 Å². The SMILES string of the molecule is CC(C)(C)CC(=O)N1CC[C@@H](CC(=O)[O-])[C@@H](CC[NH+]2CCN(c3ccccc3)CC2)C1. The Balaban J connectivity index is 1.52. The predicted octanol–water partition coefficient (Wildman–Crippen LogP) is 0.823. The van der Waals surface area contributed by atoms with Gasteiger partial charge in [-0.05, 0) is 42.2 Å². The van der Waals surface area contributed by atoms with E-state index in [1.165, 1.54) is 5.69 Å². The van der Waals surface area contributed by atoms with Gasteiger partial charge in [0.05, 0.1) is 32.7 Å². The van der Waals surface area contributed by atoms with E-state index >= 15 is 0 Å². The number of piperidine rings is 1. The van der Waals surface area contributed by atoms with Crippen LogP contribution in [0, 0.1) is 17.3 Å². The van der Waals surface area contributed by atoms with Crippen LogP contribution in [0.1, 0.15) is 46.5 Å². The predicted molar refractivity (Wildman–Crippen MR) is 121 cm³/mol. The van der Waals surface area contributed by atoms with Crippen molar-refractivity contribution < 1.29 is 19.6 Å². The number of nitrogens with one attached hydrogen (secondary N) is 1. The van der Waals surface area contributed by atoms with Gasteiger partial charge in [-0.15, -0.1) is 0 Å². The van der Waals surface area contributed by atoms with Crippen molar-refractivity contribution in [2.75, 3.05) is 50.7 Å². The van der Waals surface area contributed by atoms with Crippen LogP contribution >= 0.6 is 0 Å². The van der Waals surface area contributed by atoms with Crippen molar-refractivity contribution >= 4 is 17.6 Å². The molecule has 172 valence electrons. The van der Waals surface area contributed by atoms with Crippen LogP contribution in [-0.2, 0) is 9.59 Å². The molecule has 3 rings (SSSR count). The van der Waals surface area contributed by atoms with E-state index in [-0.39, 0.29) is 29.6 Å². The highest BCUT2D eigenvalue weighted by Gasteiger charge is 2.33. The van der Waals surface area contributed by atoms with Crippen LogP contribution in [0.15, 0.2) is 30.3 Å². The number of quaternary nitrogens is 1. The van der Waals surface area contributed by atoms with Crippen molar-refractivity contribution in [2.24, 2.45) is 17.3 Å². The third kappa shape index (κ3) is 7.23. The Hall–Kier alpha value is -2.08. The molecular weight excluding hydrogens is 390 g/mol. The molecule has 0 aliphatic carbocycles. The number of hydrogen-bond acceptors (Lipinski definition) is 4. The number of likely N-dealkylation sites (tertiary alicyclic amines) is 1. The second kappa shape index (κ2) is 10.5. The summed E-state index contributed by atoms with van der Waals surface area (Å²) in [7, 11) is 0. The van der Waals surface area contributed by atoms with Gasteiger partial charge < -0.3 is 24.6 Å². The molecule has 6 heteroatoms. The van der Waals surface area contributed by atoms with Crippen LogP contribution in [0.2, 0.25) is 0 Å². The number of aliphatic carboxylic acids is 1. The topological polar surface area (TPSA) is 68.1 Å².